The molecule has 1 atom stereocenters. The number of nitrogens with one attached hydrogen (secondary N) is 2. The standard InChI is InChI=1S/C17H25N3O2S/c1-12-5-4-6-15(13(12)2)19-16(21)10-20(3)17(22)9-14-11-23-8-7-18-14/h4-6,14,18H,7-11H2,1-3H3,(H,19,21). The maximum atomic E-state index is 12.2. The molecule has 0 spiro atoms. The average molecular weight is 335 g/mol. The highest BCUT2D eigenvalue weighted by Gasteiger charge is 2.20. The van der Waals surface area contributed by atoms with E-state index in [1.165, 1.54) is 4.90 Å². The summed E-state index contributed by atoms with van der Waals surface area (Å²) in [5, 5.41) is 6.23. The van der Waals surface area contributed by atoms with Gasteiger partial charge in [0.1, 0.15) is 0 Å². The Morgan fingerprint density at radius 2 is 2.17 bits per heavy atom. The van der Waals surface area contributed by atoms with Crippen molar-refractivity contribution in [1.29, 1.82) is 0 Å². The van der Waals surface area contributed by atoms with Crippen LogP contribution >= 0.6 is 11.8 Å². The molecule has 2 rings (SSSR count). The molecule has 0 saturated carbocycles. The van der Waals surface area contributed by atoms with Crippen LogP contribution in [0.15, 0.2) is 18.2 Å². The van der Waals surface area contributed by atoms with Crippen LogP contribution in [0.2, 0.25) is 0 Å². The van der Waals surface area contributed by atoms with E-state index in [1.807, 2.05) is 43.8 Å². The van der Waals surface area contributed by atoms with E-state index in [9.17, 15) is 9.59 Å². The number of hydrogen-bond acceptors (Lipinski definition) is 4. The fraction of sp³-hybridized carbons (Fsp3) is 0.529. The first-order valence-corrected chi connectivity index (χ1v) is 9.04. The lowest BCUT2D eigenvalue weighted by Gasteiger charge is -2.25. The van der Waals surface area contributed by atoms with Crippen molar-refractivity contribution in [2.24, 2.45) is 0 Å². The van der Waals surface area contributed by atoms with Crippen molar-refractivity contribution in [2.75, 3.05) is 37.0 Å². The lowest BCUT2D eigenvalue weighted by molar-refractivity contribution is -0.133. The van der Waals surface area contributed by atoms with Gasteiger partial charge in [-0.05, 0) is 31.0 Å². The Morgan fingerprint density at radius 3 is 2.87 bits per heavy atom. The second-order valence-corrected chi connectivity index (χ2v) is 7.13. The molecule has 1 aliphatic rings. The highest BCUT2D eigenvalue weighted by atomic mass is 32.2. The number of benzene rings is 1. The largest absolute Gasteiger partial charge is 0.336 e. The molecule has 1 aromatic rings. The molecule has 23 heavy (non-hydrogen) atoms. The highest BCUT2D eigenvalue weighted by Crippen LogP contribution is 2.18. The number of aryl methyl sites for hydroxylation is 1. The Kier molecular flexibility index (Phi) is 6.47. The maximum absolute atomic E-state index is 12.2. The molecular formula is C17H25N3O2S. The van der Waals surface area contributed by atoms with Crippen molar-refractivity contribution in [2.45, 2.75) is 26.3 Å². The molecule has 1 saturated heterocycles. The van der Waals surface area contributed by atoms with E-state index in [2.05, 4.69) is 10.6 Å². The molecule has 2 N–H and O–H groups in total. The van der Waals surface area contributed by atoms with Crippen LogP contribution in [-0.4, -0.2) is 54.4 Å². The van der Waals surface area contributed by atoms with Crippen molar-refractivity contribution >= 4 is 29.3 Å². The van der Waals surface area contributed by atoms with Gasteiger partial charge >= 0.3 is 0 Å². The van der Waals surface area contributed by atoms with Gasteiger partial charge in [-0.1, -0.05) is 12.1 Å². The zero-order valence-electron chi connectivity index (χ0n) is 14.0. The van der Waals surface area contributed by atoms with Crippen LogP contribution in [0, 0.1) is 13.8 Å². The van der Waals surface area contributed by atoms with Crippen LogP contribution in [0.1, 0.15) is 17.5 Å². The van der Waals surface area contributed by atoms with Crippen molar-refractivity contribution in [1.82, 2.24) is 10.2 Å². The number of nitrogens with zero attached hydrogens (tertiary/aromatic N) is 1. The number of carbonyl (C=O) groups is 2. The van der Waals surface area contributed by atoms with E-state index < -0.39 is 0 Å². The van der Waals surface area contributed by atoms with E-state index >= 15 is 0 Å². The summed E-state index contributed by atoms with van der Waals surface area (Å²) in [6.07, 6.45) is 0.445. The molecule has 1 aliphatic heterocycles. The van der Waals surface area contributed by atoms with Crippen LogP contribution in [0.4, 0.5) is 5.69 Å². The van der Waals surface area contributed by atoms with Gasteiger partial charge in [0.2, 0.25) is 11.8 Å². The van der Waals surface area contributed by atoms with Gasteiger partial charge in [0.25, 0.3) is 0 Å². The fourth-order valence-corrected chi connectivity index (χ4v) is 3.45. The molecule has 0 radical (unpaired) electrons. The predicted molar refractivity (Wildman–Crippen MR) is 95.9 cm³/mol. The lowest BCUT2D eigenvalue weighted by atomic mass is 10.1. The van der Waals surface area contributed by atoms with E-state index in [-0.39, 0.29) is 24.4 Å². The first-order valence-electron chi connectivity index (χ1n) is 7.88. The summed E-state index contributed by atoms with van der Waals surface area (Å²) >= 11 is 1.86. The molecule has 1 unspecified atom stereocenters. The van der Waals surface area contributed by atoms with Crippen LogP contribution in [0.25, 0.3) is 0 Å². The maximum Gasteiger partial charge on any atom is 0.243 e. The van der Waals surface area contributed by atoms with Gasteiger partial charge in [0.05, 0.1) is 6.54 Å². The number of hydrogen-bond donors (Lipinski definition) is 2. The third-order valence-corrected chi connectivity index (χ3v) is 5.24. The monoisotopic (exact) mass is 335 g/mol. The number of thioether (sulfide) groups is 1. The van der Waals surface area contributed by atoms with Crippen LogP contribution in [0.5, 0.6) is 0 Å². The summed E-state index contributed by atoms with van der Waals surface area (Å²) in [7, 11) is 1.68. The number of rotatable bonds is 5. The second kappa shape index (κ2) is 8.36. The molecule has 1 heterocycles. The number of amides is 2. The van der Waals surface area contributed by atoms with E-state index in [1.54, 1.807) is 7.05 Å². The van der Waals surface area contributed by atoms with Crippen LogP contribution in [0.3, 0.4) is 0 Å². The van der Waals surface area contributed by atoms with Crippen LogP contribution < -0.4 is 10.6 Å². The van der Waals surface area contributed by atoms with Gasteiger partial charge in [-0.3, -0.25) is 9.59 Å². The van der Waals surface area contributed by atoms with Gasteiger partial charge in [0.15, 0.2) is 0 Å². The summed E-state index contributed by atoms with van der Waals surface area (Å²) < 4.78 is 0. The Bertz CT molecular complexity index is 571. The smallest absolute Gasteiger partial charge is 0.243 e. The molecule has 0 aromatic heterocycles. The highest BCUT2D eigenvalue weighted by molar-refractivity contribution is 7.99. The van der Waals surface area contributed by atoms with Gasteiger partial charge in [0, 0.05) is 43.2 Å². The molecule has 126 valence electrons. The number of carbonyl (C=O) groups excluding carboxylic acids is 2. The summed E-state index contributed by atoms with van der Waals surface area (Å²) in [5.41, 5.74) is 2.99. The van der Waals surface area contributed by atoms with Gasteiger partial charge < -0.3 is 15.5 Å². The van der Waals surface area contributed by atoms with Gasteiger partial charge in [-0.2, -0.15) is 11.8 Å². The molecular weight excluding hydrogens is 310 g/mol. The number of likely N-dealkylation sites (N-methyl/N-ethyl adjacent to an activating group) is 1. The third-order valence-electron chi connectivity index (χ3n) is 4.10. The van der Waals surface area contributed by atoms with Gasteiger partial charge in [-0.25, -0.2) is 0 Å². The first kappa shape index (κ1) is 17.8. The van der Waals surface area contributed by atoms with Crippen molar-refractivity contribution < 1.29 is 9.59 Å². The molecule has 5 nitrogen and oxygen atoms in total. The van der Waals surface area contributed by atoms with Crippen molar-refractivity contribution in [3.8, 4) is 0 Å². The Morgan fingerprint density at radius 1 is 1.39 bits per heavy atom. The molecule has 6 heteroatoms. The zero-order chi connectivity index (χ0) is 16.8. The topological polar surface area (TPSA) is 61.4 Å². The minimum absolute atomic E-state index is 0.00103. The molecule has 2 amide bonds. The van der Waals surface area contributed by atoms with E-state index in [0.29, 0.717) is 6.42 Å². The Balaban J connectivity index is 1.83. The molecule has 1 fully saturated rings. The van der Waals surface area contributed by atoms with Gasteiger partial charge in [-0.15, -0.1) is 0 Å². The Labute approximate surface area is 142 Å². The molecule has 0 aliphatic carbocycles. The molecule has 0 bridgehead atoms. The fourth-order valence-electron chi connectivity index (χ4n) is 2.50. The van der Waals surface area contributed by atoms with Crippen molar-refractivity contribution in [3.05, 3.63) is 29.3 Å². The third kappa shape index (κ3) is 5.25. The second-order valence-electron chi connectivity index (χ2n) is 5.98. The quantitative estimate of drug-likeness (QED) is 0.861. The summed E-state index contributed by atoms with van der Waals surface area (Å²) in [4.78, 5) is 25.9. The lowest BCUT2D eigenvalue weighted by Crippen LogP contribution is -2.43. The minimum Gasteiger partial charge on any atom is -0.336 e. The summed E-state index contributed by atoms with van der Waals surface area (Å²) in [6, 6.07) is 6.02. The minimum atomic E-state index is -0.166. The van der Waals surface area contributed by atoms with Crippen LogP contribution in [-0.2, 0) is 9.59 Å². The summed E-state index contributed by atoms with van der Waals surface area (Å²) in [5.74, 6) is 1.88. The number of anilines is 1. The Hall–Kier alpha value is -1.53. The van der Waals surface area contributed by atoms with E-state index in [0.717, 1.165) is 34.9 Å². The zero-order valence-corrected chi connectivity index (χ0v) is 14.8. The molecule has 1 aromatic carbocycles. The first-order chi connectivity index (χ1) is 11.0. The summed E-state index contributed by atoms with van der Waals surface area (Å²) in [6.45, 7) is 5.01. The SMILES string of the molecule is Cc1cccc(NC(=O)CN(C)C(=O)CC2CSCCN2)c1C. The van der Waals surface area contributed by atoms with E-state index in [4.69, 9.17) is 0 Å². The normalized spacial score (nSPS) is 17.6. The van der Waals surface area contributed by atoms with Crippen molar-refractivity contribution in [3.63, 3.8) is 0 Å². The average Bonchev–Trinajstić information content (AvgIpc) is 2.52. The predicted octanol–water partition coefficient (Wildman–Crippen LogP) is 1.80.